The van der Waals surface area contributed by atoms with Crippen LogP contribution in [-0.4, -0.2) is 28.0 Å². The van der Waals surface area contributed by atoms with E-state index in [0.717, 1.165) is 23.4 Å². The van der Waals surface area contributed by atoms with Gasteiger partial charge in [0, 0.05) is 19.3 Å². The quantitative estimate of drug-likeness (QED) is 0.875. The number of nitrogens with zero attached hydrogens (tertiary/aromatic N) is 2. The highest BCUT2D eigenvalue weighted by atomic mass is 16.4. The van der Waals surface area contributed by atoms with E-state index in [1.54, 1.807) is 6.20 Å². The predicted molar refractivity (Wildman–Crippen MR) is 77.2 cm³/mol. The molecule has 0 aliphatic heterocycles. The van der Waals surface area contributed by atoms with Crippen LogP contribution in [0.25, 0.3) is 0 Å². The van der Waals surface area contributed by atoms with Crippen molar-refractivity contribution in [1.29, 1.82) is 0 Å². The van der Waals surface area contributed by atoms with Crippen molar-refractivity contribution in [2.24, 2.45) is 0 Å². The minimum absolute atomic E-state index is 0.0631. The van der Waals surface area contributed by atoms with Crippen molar-refractivity contribution in [3.8, 4) is 0 Å². The number of carbonyl (C=O) groups is 1. The summed E-state index contributed by atoms with van der Waals surface area (Å²) in [7, 11) is 2.01. The van der Waals surface area contributed by atoms with Crippen molar-refractivity contribution in [2.75, 3.05) is 7.05 Å². The van der Waals surface area contributed by atoms with Crippen molar-refractivity contribution in [1.82, 2.24) is 9.88 Å². The molecule has 0 radical (unpaired) electrons. The highest BCUT2D eigenvalue weighted by Gasteiger charge is 2.09. The number of carboxylic acids is 1. The van der Waals surface area contributed by atoms with Crippen LogP contribution in [0.3, 0.4) is 0 Å². The van der Waals surface area contributed by atoms with E-state index >= 15 is 0 Å². The summed E-state index contributed by atoms with van der Waals surface area (Å²) in [5.74, 6) is -0.801. The lowest BCUT2D eigenvalue weighted by Crippen LogP contribution is -2.19. The molecule has 104 valence electrons. The molecule has 1 aromatic heterocycles. The molecule has 0 spiro atoms. The first-order chi connectivity index (χ1) is 9.65. The fraction of sp³-hybridized carbons (Fsp3) is 0.250. The zero-order chi connectivity index (χ0) is 14.4. The number of hydrogen-bond donors (Lipinski definition) is 1. The number of carboxylic acid groups (broad SMARTS) is 1. The van der Waals surface area contributed by atoms with E-state index in [4.69, 9.17) is 5.11 Å². The smallest absolute Gasteiger partial charge is 0.307 e. The summed E-state index contributed by atoms with van der Waals surface area (Å²) in [5.41, 5.74) is 2.92. The van der Waals surface area contributed by atoms with Gasteiger partial charge in [-0.15, -0.1) is 0 Å². The normalized spacial score (nSPS) is 10.7. The molecule has 2 rings (SSSR count). The van der Waals surface area contributed by atoms with E-state index in [1.807, 2.05) is 49.5 Å². The Morgan fingerprint density at radius 2 is 1.80 bits per heavy atom. The molecule has 0 aliphatic carbocycles. The van der Waals surface area contributed by atoms with Gasteiger partial charge in [-0.05, 0) is 30.3 Å². The van der Waals surface area contributed by atoms with Crippen molar-refractivity contribution in [2.45, 2.75) is 19.5 Å². The van der Waals surface area contributed by atoms with E-state index in [9.17, 15) is 4.79 Å². The van der Waals surface area contributed by atoms with Gasteiger partial charge in [0.2, 0.25) is 0 Å². The van der Waals surface area contributed by atoms with Crippen LogP contribution in [0.5, 0.6) is 0 Å². The van der Waals surface area contributed by atoms with Crippen molar-refractivity contribution in [3.05, 3.63) is 65.5 Å². The van der Waals surface area contributed by atoms with Crippen LogP contribution >= 0.6 is 0 Å². The van der Waals surface area contributed by atoms with E-state index in [2.05, 4.69) is 9.88 Å². The van der Waals surface area contributed by atoms with Crippen LogP contribution in [0.4, 0.5) is 0 Å². The first-order valence-electron chi connectivity index (χ1n) is 6.52. The van der Waals surface area contributed by atoms with Crippen LogP contribution in [-0.2, 0) is 24.3 Å². The maximum atomic E-state index is 10.9. The monoisotopic (exact) mass is 270 g/mol. The molecule has 1 aromatic carbocycles. The molecule has 0 saturated heterocycles. The van der Waals surface area contributed by atoms with Gasteiger partial charge >= 0.3 is 5.97 Å². The Morgan fingerprint density at radius 3 is 2.45 bits per heavy atom. The lowest BCUT2D eigenvalue weighted by atomic mass is 10.0. The molecule has 0 saturated carbocycles. The molecular weight excluding hydrogens is 252 g/mol. The third-order valence-electron chi connectivity index (χ3n) is 3.06. The Labute approximate surface area is 118 Å². The summed E-state index contributed by atoms with van der Waals surface area (Å²) in [6.07, 6.45) is 1.84. The summed E-state index contributed by atoms with van der Waals surface area (Å²) in [4.78, 5) is 17.3. The fourth-order valence-corrected chi connectivity index (χ4v) is 2.16. The van der Waals surface area contributed by atoms with Crippen LogP contribution in [0, 0.1) is 0 Å². The average Bonchev–Trinajstić information content (AvgIpc) is 2.41. The molecule has 0 unspecified atom stereocenters. The second-order valence-electron chi connectivity index (χ2n) is 4.83. The summed E-state index contributed by atoms with van der Waals surface area (Å²) in [6.45, 7) is 1.45. The zero-order valence-corrected chi connectivity index (χ0v) is 11.5. The number of aliphatic carboxylic acids is 1. The highest BCUT2D eigenvalue weighted by molar-refractivity contribution is 5.70. The van der Waals surface area contributed by atoms with Gasteiger partial charge in [0.1, 0.15) is 0 Å². The minimum Gasteiger partial charge on any atom is -0.481 e. The molecule has 0 aliphatic rings. The lowest BCUT2D eigenvalue weighted by molar-refractivity contribution is -0.136. The first kappa shape index (κ1) is 14.2. The average molecular weight is 270 g/mol. The molecule has 20 heavy (non-hydrogen) atoms. The second kappa shape index (κ2) is 6.82. The van der Waals surface area contributed by atoms with Crippen molar-refractivity contribution in [3.63, 3.8) is 0 Å². The molecule has 0 fully saturated rings. The van der Waals surface area contributed by atoms with Gasteiger partial charge in [-0.2, -0.15) is 0 Å². The number of rotatable bonds is 6. The standard InChI is InChI=1S/C16H18N2O2/c1-18(12-15-8-4-5-9-17-15)11-14-7-3-2-6-13(14)10-16(19)20/h2-9H,10-12H2,1H3,(H,19,20). The van der Waals surface area contributed by atoms with Crippen LogP contribution < -0.4 is 0 Å². The van der Waals surface area contributed by atoms with Gasteiger partial charge in [-0.3, -0.25) is 14.7 Å². The topological polar surface area (TPSA) is 53.4 Å². The molecule has 2 aromatic rings. The zero-order valence-electron chi connectivity index (χ0n) is 11.5. The van der Waals surface area contributed by atoms with Crippen molar-refractivity contribution >= 4 is 5.97 Å². The van der Waals surface area contributed by atoms with E-state index in [-0.39, 0.29) is 6.42 Å². The van der Waals surface area contributed by atoms with Crippen LogP contribution in [0.15, 0.2) is 48.7 Å². The summed E-state index contributed by atoms with van der Waals surface area (Å²) in [6, 6.07) is 13.5. The third kappa shape index (κ3) is 4.17. The van der Waals surface area contributed by atoms with Gasteiger partial charge in [0.05, 0.1) is 12.1 Å². The molecule has 4 heteroatoms. The van der Waals surface area contributed by atoms with Gasteiger partial charge < -0.3 is 5.11 Å². The lowest BCUT2D eigenvalue weighted by Gasteiger charge is -2.18. The molecule has 1 N–H and O–H groups in total. The summed E-state index contributed by atoms with van der Waals surface area (Å²) >= 11 is 0. The minimum atomic E-state index is -0.801. The molecule has 0 bridgehead atoms. The number of aromatic nitrogens is 1. The molecule has 1 heterocycles. The second-order valence-corrected chi connectivity index (χ2v) is 4.83. The van der Waals surface area contributed by atoms with Crippen LogP contribution in [0.2, 0.25) is 0 Å². The predicted octanol–water partition coefficient (Wildman–Crippen LogP) is 2.34. The Bertz CT molecular complexity index is 570. The van der Waals surface area contributed by atoms with Gasteiger partial charge in [0.15, 0.2) is 0 Å². The molecule has 0 amide bonds. The largest absolute Gasteiger partial charge is 0.481 e. The maximum Gasteiger partial charge on any atom is 0.307 e. The van der Waals surface area contributed by atoms with E-state index in [1.165, 1.54) is 0 Å². The van der Waals surface area contributed by atoms with Crippen molar-refractivity contribution < 1.29 is 9.90 Å². The van der Waals surface area contributed by atoms with Gasteiger partial charge in [0.25, 0.3) is 0 Å². The first-order valence-corrected chi connectivity index (χ1v) is 6.52. The fourth-order valence-electron chi connectivity index (χ4n) is 2.16. The summed E-state index contributed by atoms with van der Waals surface area (Å²) in [5, 5.41) is 8.94. The third-order valence-corrected chi connectivity index (χ3v) is 3.06. The number of hydrogen-bond acceptors (Lipinski definition) is 3. The number of benzene rings is 1. The molecular formula is C16H18N2O2. The highest BCUT2D eigenvalue weighted by Crippen LogP contribution is 2.13. The van der Waals surface area contributed by atoms with Crippen LogP contribution in [0.1, 0.15) is 16.8 Å². The number of pyridine rings is 1. The summed E-state index contributed by atoms with van der Waals surface area (Å²) < 4.78 is 0. The Hall–Kier alpha value is -2.20. The Morgan fingerprint density at radius 1 is 1.10 bits per heavy atom. The SMILES string of the molecule is CN(Cc1ccccn1)Cc1ccccc1CC(=O)O. The maximum absolute atomic E-state index is 10.9. The van der Waals surface area contributed by atoms with E-state index < -0.39 is 5.97 Å². The van der Waals surface area contributed by atoms with Gasteiger partial charge in [-0.25, -0.2) is 0 Å². The molecule has 4 nitrogen and oxygen atoms in total. The molecule has 0 atom stereocenters. The Balaban J connectivity index is 2.04. The van der Waals surface area contributed by atoms with E-state index in [0.29, 0.717) is 6.54 Å². The Kier molecular flexibility index (Phi) is 4.85. The van der Waals surface area contributed by atoms with Gasteiger partial charge in [-0.1, -0.05) is 30.3 Å².